The summed E-state index contributed by atoms with van der Waals surface area (Å²) in [5, 5.41) is 13.3. The summed E-state index contributed by atoms with van der Waals surface area (Å²) >= 11 is 0. The Morgan fingerprint density at radius 3 is 2.43 bits per heavy atom. The van der Waals surface area contributed by atoms with E-state index in [1.54, 1.807) is 27.7 Å². The topological polar surface area (TPSA) is 116 Å². The molecule has 5 rings (SSSR count). The number of hydrogen-bond acceptors (Lipinski definition) is 10. The summed E-state index contributed by atoms with van der Waals surface area (Å²) in [5.74, 6) is 2.34. The van der Waals surface area contributed by atoms with Gasteiger partial charge in [0, 0.05) is 25.3 Å². The number of nitrogens with one attached hydrogen (secondary N) is 1. The third kappa shape index (κ3) is 5.15. The molecule has 0 aliphatic carbocycles. The first-order valence-corrected chi connectivity index (χ1v) is 11.9. The fourth-order valence-corrected chi connectivity index (χ4v) is 4.57. The normalized spacial score (nSPS) is 18.1. The molecule has 1 fully saturated rings. The number of para-hydroxylation sites is 1. The van der Waals surface area contributed by atoms with E-state index < -0.39 is 6.23 Å². The highest BCUT2D eigenvalue weighted by molar-refractivity contribution is 5.85. The first kappa shape index (κ1) is 24.8. The van der Waals surface area contributed by atoms with Crippen LogP contribution >= 0.6 is 0 Å². The molecule has 0 amide bonds. The molecule has 11 heteroatoms. The number of ether oxygens (including phenoxy) is 4. The Morgan fingerprint density at radius 1 is 1.00 bits per heavy atom. The number of methoxy groups -OCH3 is 3. The highest BCUT2D eigenvalue weighted by Crippen LogP contribution is 2.39. The summed E-state index contributed by atoms with van der Waals surface area (Å²) in [7, 11) is 4.78. The molecule has 0 radical (unpaired) electrons. The van der Waals surface area contributed by atoms with Crippen LogP contribution in [-0.2, 0) is 11.3 Å². The van der Waals surface area contributed by atoms with E-state index in [2.05, 4.69) is 25.2 Å². The molecule has 0 bridgehead atoms. The van der Waals surface area contributed by atoms with E-state index in [0.717, 1.165) is 11.3 Å². The van der Waals surface area contributed by atoms with Gasteiger partial charge in [-0.25, -0.2) is 15.0 Å². The number of aliphatic hydroxyl groups excluding tert-OH is 1. The monoisotopic (exact) mass is 506 g/mol. The summed E-state index contributed by atoms with van der Waals surface area (Å²) in [5.41, 5.74) is 3.17. The quantitative estimate of drug-likeness (QED) is 0.351. The average molecular weight is 507 g/mol. The van der Waals surface area contributed by atoms with Crippen LogP contribution in [0.1, 0.15) is 11.8 Å². The SMILES string of the molecule is COc1cc(CN2C[C@@H](CO)O[C@@H](n3cnc4c(Nc5ccccc5)ncnc43)C2)cc(OC)c1OC. The van der Waals surface area contributed by atoms with Crippen molar-refractivity contribution in [2.24, 2.45) is 0 Å². The van der Waals surface area contributed by atoms with E-state index in [1.807, 2.05) is 47.0 Å². The molecule has 2 aromatic heterocycles. The van der Waals surface area contributed by atoms with Gasteiger partial charge in [0.25, 0.3) is 0 Å². The van der Waals surface area contributed by atoms with Crippen LogP contribution < -0.4 is 19.5 Å². The van der Waals surface area contributed by atoms with Crippen molar-refractivity contribution in [1.82, 2.24) is 24.4 Å². The van der Waals surface area contributed by atoms with Crippen molar-refractivity contribution < 1.29 is 24.1 Å². The molecule has 0 spiro atoms. The summed E-state index contributed by atoms with van der Waals surface area (Å²) in [6, 6.07) is 13.6. The number of aromatic nitrogens is 4. The third-order valence-corrected chi connectivity index (χ3v) is 6.27. The zero-order chi connectivity index (χ0) is 25.8. The molecule has 37 heavy (non-hydrogen) atoms. The minimum absolute atomic E-state index is 0.106. The van der Waals surface area contributed by atoms with Crippen LogP contribution in [0.25, 0.3) is 11.2 Å². The molecule has 2 aromatic carbocycles. The summed E-state index contributed by atoms with van der Waals surface area (Å²) in [6.45, 7) is 1.61. The number of imidazole rings is 1. The van der Waals surface area contributed by atoms with Gasteiger partial charge in [-0.05, 0) is 29.8 Å². The second-order valence-electron chi connectivity index (χ2n) is 8.66. The molecular formula is C26H30N6O5. The first-order valence-electron chi connectivity index (χ1n) is 11.9. The van der Waals surface area contributed by atoms with Crippen molar-refractivity contribution in [3.05, 3.63) is 60.7 Å². The zero-order valence-corrected chi connectivity index (χ0v) is 21.0. The van der Waals surface area contributed by atoms with E-state index >= 15 is 0 Å². The summed E-state index contributed by atoms with van der Waals surface area (Å²) in [4.78, 5) is 15.7. The number of hydrogen-bond donors (Lipinski definition) is 2. The standard InChI is InChI=1S/C26H30N6O5/c1-34-20-9-17(10-21(35-2)24(20)36-3)11-31-12-19(14-33)37-22(13-31)32-16-29-23-25(27-15-28-26(23)32)30-18-7-5-4-6-8-18/h4-10,15-16,19,22,33H,11-14H2,1-3H3,(H,27,28,30)/t19-,22+/m0/s1. The number of morpholine rings is 1. The Labute approximate surface area is 214 Å². The molecule has 1 aliphatic heterocycles. The smallest absolute Gasteiger partial charge is 0.203 e. The van der Waals surface area contributed by atoms with E-state index in [-0.39, 0.29) is 12.7 Å². The molecule has 194 valence electrons. The van der Waals surface area contributed by atoms with Gasteiger partial charge in [-0.15, -0.1) is 0 Å². The number of aliphatic hydroxyl groups is 1. The highest BCUT2D eigenvalue weighted by atomic mass is 16.5. The molecule has 2 atom stereocenters. The molecule has 0 saturated carbocycles. The van der Waals surface area contributed by atoms with Crippen LogP contribution in [0, 0.1) is 0 Å². The van der Waals surface area contributed by atoms with Crippen molar-refractivity contribution in [2.75, 3.05) is 46.3 Å². The Morgan fingerprint density at radius 2 is 1.76 bits per heavy atom. The lowest BCUT2D eigenvalue weighted by atomic mass is 10.1. The fraction of sp³-hybridized carbons (Fsp3) is 0.346. The minimum Gasteiger partial charge on any atom is -0.493 e. The lowest BCUT2D eigenvalue weighted by Gasteiger charge is -2.38. The number of nitrogens with zero attached hydrogens (tertiary/aromatic N) is 5. The van der Waals surface area contributed by atoms with Crippen LogP contribution in [0.2, 0.25) is 0 Å². The van der Waals surface area contributed by atoms with Crippen LogP contribution in [0.3, 0.4) is 0 Å². The molecule has 4 aromatic rings. The van der Waals surface area contributed by atoms with Gasteiger partial charge in [-0.1, -0.05) is 18.2 Å². The maximum absolute atomic E-state index is 9.98. The lowest BCUT2D eigenvalue weighted by molar-refractivity contribution is -0.135. The summed E-state index contributed by atoms with van der Waals surface area (Å²) in [6.07, 6.45) is 2.43. The van der Waals surface area contributed by atoms with Crippen molar-refractivity contribution in [3.8, 4) is 17.2 Å². The van der Waals surface area contributed by atoms with E-state index in [0.29, 0.717) is 53.9 Å². The van der Waals surface area contributed by atoms with Crippen molar-refractivity contribution in [3.63, 3.8) is 0 Å². The highest BCUT2D eigenvalue weighted by Gasteiger charge is 2.30. The van der Waals surface area contributed by atoms with Gasteiger partial charge in [-0.3, -0.25) is 9.47 Å². The Hall–Kier alpha value is -3.93. The number of anilines is 2. The van der Waals surface area contributed by atoms with Gasteiger partial charge < -0.3 is 29.4 Å². The molecule has 2 N–H and O–H groups in total. The largest absolute Gasteiger partial charge is 0.493 e. The van der Waals surface area contributed by atoms with Crippen LogP contribution in [0.5, 0.6) is 17.2 Å². The number of benzene rings is 2. The molecule has 11 nitrogen and oxygen atoms in total. The molecule has 3 heterocycles. The van der Waals surface area contributed by atoms with Crippen LogP contribution in [0.15, 0.2) is 55.1 Å². The molecule has 1 saturated heterocycles. The van der Waals surface area contributed by atoms with Crippen LogP contribution in [-0.4, -0.2) is 76.7 Å². The zero-order valence-electron chi connectivity index (χ0n) is 21.0. The van der Waals surface area contributed by atoms with Crippen LogP contribution in [0.4, 0.5) is 11.5 Å². The van der Waals surface area contributed by atoms with E-state index in [1.165, 1.54) is 6.33 Å². The van der Waals surface area contributed by atoms with Gasteiger partial charge in [0.05, 0.1) is 40.4 Å². The predicted molar refractivity (Wildman–Crippen MR) is 137 cm³/mol. The van der Waals surface area contributed by atoms with Gasteiger partial charge >= 0.3 is 0 Å². The maximum Gasteiger partial charge on any atom is 0.203 e. The van der Waals surface area contributed by atoms with Crippen molar-refractivity contribution in [2.45, 2.75) is 18.9 Å². The molecule has 0 unspecified atom stereocenters. The molecular weight excluding hydrogens is 476 g/mol. The van der Waals surface area contributed by atoms with Gasteiger partial charge in [0.15, 0.2) is 28.5 Å². The second-order valence-corrected chi connectivity index (χ2v) is 8.66. The maximum atomic E-state index is 9.98. The Balaban J connectivity index is 1.41. The van der Waals surface area contributed by atoms with Gasteiger partial charge in [0.1, 0.15) is 12.6 Å². The second kappa shape index (κ2) is 11.0. The Kier molecular flexibility index (Phi) is 7.35. The van der Waals surface area contributed by atoms with Crippen molar-refractivity contribution >= 4 is 22.7 Å². The number of fused-ring (bicyclic) bond motifs is 1. The first-order chi connectivity index (χ1) is 18.1. The fourth-order valence-electron chi connectivity index (χ4n) is 4.57. The van der Waals surface area contributed by atoms with Gasteiger partial charge in [0.2, 0.25) is 5.75 Å². The van der Waals surface area contributed by atoms with E-state index in [4.69, 9.17) is 18.9 Å². The molecule has 1 aliphatic rings. The third-order valence-electron chi connectivity index (χ3n) is 6.27. The lowest BCUT2D eigenvalue weighted by Crippen LogP contribution is -2.46. The summed E-state index contributed by atoms with van der Waals surface area (Å²) < 4.78 is 24.6. The minimum atomic E-state index is -0.405. The average Bonchev–Trinajstić information content (AvgIpc) is 3.38. The van der Waals surface area contributed by atoms with Gasteiger partial charge in [-0.2, -0.15) is 0 Å². The number of rotatable bonds is 9. The van der Waals surface area contributed by atoms with E-state index in [9.17, 15) is 5.11 Å². The predicted octanol–water partition coefficient (Wildman–Crippen LogP) is 2.99. The van der Waals surface area contributed by atoms with Crippen molar-refractivity contribution in [1.29, 1.82) is 0 Å². The Bertz CT molecular complexity index is 1320.